The smallest absolute Gasteiger partial charge is 0.395 e. The number of hydrogen-bond acceptors (Lipinski definition) is 3. The quantitative estimate of drug-likeness (QED) is 0.684. The average molecular weight is 202 g/mol. The van der Waals surface area contributed by atoms with Crippen LogP contribution in [0.2, 0.25) is 0 Å². The fourth-order valence-corrected chi connectivity index (χ4v) is 0.827. The highest BCUT2D eigenvalue weighted by Gasteiger charge is 2.53. The Balaban J connectivity index is 4.50. The zero-order chi connectivity index (χ0) is 10.5. The van der Waals surface area contributed by atoms with E-state index in [1.54, 1.807) is 0 Å². The first-order valence-electron chi connectivity index (χ1n) is 3.71. The Bertz CT molecular complexity index is 142. The normalized spacial score (nSPS) is 13.4. The molecule has 0 radical (unpaired) electrons. The summed E-state index contributed by atoms with van der Waals surface area (Å²) in [6.45, 7) is -2.41. The molecule has 0 aliphatic carbocycles. The molecule has 0 saturated heterocycles. The van der Waals surface area contributed by atoms with Crippen molar-refractivity contribution in [3.05, 3.63) is 0 Å². The van der Waals surface area contributed by atoms with E-state index >= 15 is 0 Å². The molecule has 0 unspecified atom stereocenters. The van der Waals surface area contributed by atoms with Gasteiger partial charge >= 0.3 is 6.18 Å². The maximum Gasteiger partial charge on any atom is 0.398 e. The van der Waals surface area contributed by atoms with Gasteiger partial charge in [0, 0.05) is 13.7 Å². The van der Waals surface area contributed by atoms with Crippen LogP contribution in [0.5, 0.6) is 0 Å². The summed E-state index contributed by atoms with van der Waals surface area (Å²) >= 11 is 0. The first-order valence-corrected chi connectivity index (χ1v) is 3.71. The third-order valence-electron chi connectivity index (χ3n) is 1.99. The highest BCUT2D eigenvalue weighted by molar-refractivity contribution is 4.85. The predicted molar refractivity (Wildman–Crippen MR) is 39.2 cm³/mol. The van der Waals surface area contributed by atoms with Crippen LogP contribution in [0.3, 0.4) is 0 Å². The van der Waals surface area contributed by atoms with Crippen LogP contribution in [0, 0.1) is 5.41 Å². The van der Waals surface area contributed by atoms with Gasteiger partial charge in [0.25, 0.3) is 0 Å². The van der Waals surface area contributed by atoms with E-state index in [9.17, 15) is 13.2 Å². The summed E-state index contributed by atoms with van der Waals surface area (Å²) in [5, 5.41) is 17.2. The largest absolute Gasteiger partial charge is 0.398 e. The molecule has 0 rings (SSSR count). The van der Waals surface area contributed by atoms with Gasteiger partial charge in [-0.15, -0.1) is 0 Å². The van der Waals surface area contributed by atoms with Crippen molar-refractivity contribution in [3.8, 4) is 0 Å². The van der Waals surface area contributed by atoms with Crippen molar-refractivity contribution in [1.29, 1.82) is 0 Å². The van der Waals surface area contributed by atoms with Gasteiger partial charge in [0.1, 0.15) is 5.41 Å². The Morgan fingerprint density at radius 1 is 1.15 bits per heavy atom. The van der Waals surface area contributed by atoms with Crippen LogP contribution in [0.15, 0.2) is 0 Å². The van der Waals surface area contributed by atoms with Gasteiger partial charge in [-0.2, -0.15) is 13.2 Å². The number of aliphatic hydroxyl groups excluding tert-OH is 2. The molecule has 13 heavy (non-hydrogen) atoms. The fraction of sp³-hybridized carbons (Fsp3) is 1.00. The van der Waals surface area contributed by atoms with Gasteiger partial charge in [-0.05, 0) is 6.42 Å². The molecule has 0 bridgehead atoms. The first kappa shape index (κ1) is 12.7. The second kappa shape index (κ2) is 4.78. The average Bonchev–Trinajstić information content (AvgIpc) is 2.05. The van der Waals surface area contributed by atoms with Gasteiger partial charge < -0.3 is 14.9 Å². The van der Waals surface area contributed by atoms with Gasteiger partial charge in [0.15, 0.2) is 0 Å². The Labute approximate surface area is 74.1 Å². The van der Waals surface area contributed by atoms with Crippen LogP contribution in [-0.2, 0) is 4.74 Å². The van der Waals surface area contributed by atoms with Crippen molar-refractivity contribution in [2.45, 2.75) is 12.6 Å². The number of ether oxygens (including phenoxy) is 1. The Kier molecular flexibility index (Phi) is 4.66. The van der Waals surface area contributed by atoms with Gasteiger partial charge in [0.05, 0.1) is 13.2 Å². The van der Waals surface area contributed by atoms with E-state index < -0.39 is 31.2 Å². The molecule has 2 N–H and O–H groups in total. The molecule has 80 valence electrons. The zero-order valence-electron chi connectivity index (χ0n) is 7.26. The molecule has 0 aromatic heterocycles. The minimum absolute atomic E-state index is 0.152. The summed E-state index contributed by atoms with van der Waals surface area (Å²) in [7, 11) is 1.26. The summed E-state index contributed by atoms with van der Waals surface area (Å²) in [6, 6.07) is 0. The first-order chi connectivity index (χ1) is 5.93. The molecule has 6 heteroatoms. The number of halogens is 3. The molecule has 0 atom stereocenters. The van der Waals surface area contributed by atoms with Crippen LogP contribution in [-0.4, -0.2) is 43.3 Å². The maximum absolute atomic E-state index is 12.3. The van der Waals surface area contributed by atoms with Crippen molar-refractivity contribution in [1.82, 2.24) is 0 Å². The molecule has 0 saturated carbocycles. The van der Waals surface area contributed by atoms with E-state index in [1.807, 2.05) is 0 Å². The van der Waals surface area contributed by atoms with E-state index in [4.69, 9.17) is 10.2 Å². The lowest BCUT2D eigenvalue weighted by Crippen LogP contribution is -2.45. The number of aliphatic hydroxyl groups is 2. The molecule has 0 aromatic rings. The summed E-state index contributed by atoms with van der Waals surface area (Å²) in [5.41, 5.74) is -2.44. The number of hydrogen-bond donors (Lipinski definition) is 2. The standard InChI is InChI=1S/C7H13F3O3/c1-13-3-2-6(4-11,5-12)7(8,9)10/h11-12H,2-5H2,1H3. The Morgan fingerprint density at radius 2 is 1.62 bits per heavy atom. The van der Waals surface area contributed by atoms with Gasteiger partial charge in [-0.3, -0.25) is 0 Å². The minimum Gasteiger partial charge on any atom is -0.395 e. The summed E-state index contributed by atoms with van der Waals surface area (Å²) in [4.78, 5) is 0. The van der Waals surface area contributed by atoms with Crippen molar-refractivity contribution in [2.24, 2.45) is 5.41 Å². The van der Waals surface area contributed by atoms with Crippen LogP contribution in [0.25, 0.3) is 0 Å². The van der Waals surface area contributed by atoms with Crippen molar-refractivity contribution in [2.75, 3.05) is 26.9 Å². The van der Waals surface area contributed by atoms with Crippen LogP contribution in [0.1, 0.15) is 6.42 Å². The van der Waals surface area contributed by atoms with Gasteiger partial charge in [0.2, 0.25) is 0 Å². The topological polar surface area (TPSA) is 49.7 Å². The third kappa shape index (κ3) is 2.82. The molecule has 0 spiro atoms. The van der Waals surface area contributed by atoms with Crippen LogP contribution >= 0.6 is 0 Å². The summed E-state index contributed by atoms with van der Waals surface area (Å²) < 4.78 is 41.4. The molecule has 0 fully saturated rings. The SMILES string of the molecule is COCCC(CO)(CO)C(F)(F)F. The molecule has 0 aromatic carbocycles. The number of rotatable bonds is 5. The van der Waals surface area contributed by atoms with E-state index in [2.05, 4.69) is 4.74 Å². The Morgan fingerprint density at radius 3 is 1.85 bits per heavy atom. The lowest BCUT2D eigenvalue weighted by Gasteiger charge is -2.31. The van der Waals surface area contributed by atoms with Crippen molar-refractivity contribution in [3.63, 3.8) is 0 Å². The molecule has 3 nitrogen and oxygen atoms in total. The lowest BCUT2D eigenvalue weighted by atomic mass is 9.86. The monoisotopic (exact) mass is 202 g/mol. The molecule has 0 aliphatic heterocycles. The van der Waals surface area contributed by atoms with Gasteiger partial charge in [-0.25, -0.2) is 0 Å². The summed E-state index contributed by atoms with van der Waals surface area (Å²) in [5.74, 6) is 0. The van der Waals surface area contributed by atoms with Crippen molar-refractivity contribution < 1.29 is 28.1 Å². The van der Waals surface area contributed by atoms with E-state index in [-0.39, 0.29) is 6.61 Å². The molecular weight excluding hydrogens is 189 g/mol. The summed E-state index contributed by atoms with van der Waals surface area (Å²) in [6.07, 6.45) is -5.06. The fourth-order valence-electron chi connectivity index (χ4n) is 0.827. The molecule has 0 heterocycles. The van der Waals surface area contributed by atoms with E-state index in [1.165, 1.54) is 7.11 Å². The van der Waals surface area contributed by atoms with Crippen LogP contribution < -0.4 is 0 Å². The van der Waals surface area contributed by atoms with Gasteiger partial charge in [-0.1, -0.05) is 0 Å². The zero-order valence-corrected chi connectivity index (χ0v) is 7.26. The lowest BCUT2D eigenvalue weighted by molar-refractivity contribution is -0.251. The maximum atomic E-state index is 12.3. The molecular formula is C7H13F3O3. The number of methoxy groups -OCH3 is 1. The molecule has 0 amide bonds. The highest BCUT2D eigenvalue weighted by Crippen LogP contribution is 2.40. The second-order valence-electron chi connectivity index (χ2n) is 2.84. The second-order valence-corrected chi connectivity index (χ2v) is 2.84. The number of alkyl halides is 3. The third-order valence-corrected chi connectivity index (χ3v) is 1.99. The minimum atomic E-state index is -4.62. The van der Waals surface area contributed by atoms with Crippen molar-refractivity contribution >= 4 is 0 Å². The van der Waals surface area contributed by atoms with Crippen LogP contribution in [0.4, 0.5) is 13.2 Å². The molecule has 0 aliphatic rings. The Hall–Kier alpha value is -0.330. The predicted octanol–water partition coefficient (Wildman–Crippen LogP) is 0.556. The van der Waals surface area contributed by atoms with E-state index in [0.29, 0.717) is 0 Å². The highest BCUT2D eigenvalue weighted by atomic mass is 19.4. The van der Waals surface area contributed by atoms with E-state index in [0.717, 1.165) is 0 Å².